The van der Waals surface area contributed by atoms with Crippen molar-refractivity contribution < 1.29 is 22.5 Å². The average molecular weight is 312 g/mol. The second-order valence-corrected chi connectivity index (χ2v) is 5.23. The van der Waals surface area contributed by atoms with E-state index in [0.717, 1.165) is 4.90 Å². The predicted octanol–water partition coefficient (Wildman–Crippen LogP) is 2.15. The molecule has 0 aromatic carbocycles. The Hall–Kier alpha value is -2.32. The number of aromatic nitrogens is 3. The Morgan fingerprint density at radius 3 is 2.86 bits per heavy atom. The maximum Gasteiger partial charge on any atom is 0.293 e. The highest BCUT2D eigenvalue weighted by Crippen LogP contribution is 2.41. The van der Waals surface area contributed by atoms with Crippen LogP contribution in [0.4, 0.5) is 8.78 Å². The molecule has 0 N–H and O–H groups in total. The zero-order chi connectivity index (χ0) is 15.9. The number of rotatable bonds is 3. The van der Waals surface area contributed by atoms with Crippen molar-refractivity contribution in [1.82, 2.24) is 20.3 Å². The summed E-state index contributed by atoms with van der Waals surface area (Å²) in [5.41, 5.74) is 0.497. The van der Waals surface area contributed by atoms with Gasteiger partial charge in [0.15, 0.2) is 0 Å². The molecule has 2 aromatic heterocycles. The Morgan fingerprint density at radius 2 is 2.27 bits per heavy atom. The van der Waals surface area contributed by atoms with Crippen molar-refractivity contribution in [3.8, 4) is 0 Å². The first-order valence-corrected chi connectivity index (χ1v) is 6.84. The molecule has 7 nitrogen and oxygen atoms in total. The van der Waals surface area contributed by atoms with Gasteiger partial charge < -0.3 is 13.8 Å². The summed E-state index contributed by atoms with van der Waals surface area (Å²) in [5.74, 6) is -3.42. The van der Waals surface area contributed by atoms with Crippen LogP contribution in [0.2, 0.25) is 0 Å². The van der Waals surface area contributed by atoms with Crippen molar-refractivity contribution in [2.75, 3.05) is 6.54 Å². The maximum absolute atomic E-state index is 13.8. The van der Waals surface area contributed by atoms with Crippen molar-refractivity contribution in [2.24, 2.45) is 0 Å². The number of aryl methyl sites for hydroxylation is 2. The van der Waals surface area contributed by atoms with Gasteiger partial charge in [-0.1, -0.05) is 12.1 Å². The van der Waals surface area contributed by atoms with Crippen molar-refractivity contribution in [2.45, 2.75) is 38.7 Å². The van der Waals surface area contributed by atoms with Gasteiger partial charge >= 0.3 is 0 Å². The van der Waals surface area contributed by atoms with E-state index in [0.29, 0.717) is 18.0 Å². The molecular formula is C13H14F2N4O3. The molecule has 1 aliphatic rings. The fraction of sp³-hybridized carbons (Fsp3) is 0.538. The summed E-state index contributed by atoms with van der Waals surface area (Å²) in [7, 11) is 0. The minimum atomic E-state index is -3.02. The zero-order valence-corrected chi connectivity index (χ0v) is 12.0. The van der Waals surface area contributed by atoms with Crippen LogP contribution in [0.5, 0.6) is 0 Å². The van der Waals surface area contributed by atoms with Gasteiger partial charge in [-0.25, -0.2) is 8.78 Å². The summed E-state index contributed by atoms with van der Waals surface area (Å²) >= 11 is 0. The van der Waals surface area contributed by atoms with Crippen LogP contribution in [0, 0.1) is 6.92 Å². The minimum Gasteiger partial charge on any atom is -0.423 e. The average Bonchev–Trinajstić information content (AvgIpc) is 3.15. The fourth-order valence-electron chi connectivity index (χ4n) is 2.40. The lowest BCUT2D eigenvalue weighted by Gasteiger charge is -2.19. The van der Waals surface area contributed by atoms with Gasteiger partial charge in [-0.2, -0.15) is 0 Å². The predicted molar refractivity (Wildman–Crippen MR) is 68.3 cm³/mol. The van der Waals surface area contributed by atoms with Crippen LogP contribution in [0.1, 0.15) is 47.4 Å². The fourth-order valence-corrected chi connectivity index (χ4v) is 2.40. The van der Waals surface area contributed by atoms with Crippen molar-refractivity contribution >= 4 is 5.91 Å². The lowest BCUT2D eigenvalue weighted by Crippen LogP contribution is -2.32. The molecule has 1 saturated heterocycles. The topological polar surface area (TPSA) is 85.3 Å². The van der Waals surface area contributed by atoms with E-state index in [1.807, 2.05) is 0 Å². The lowest BCUT2D eigenvalue weighted by atomic mass is 10.2. The smallest absolute Gasteiger partial charge is 0.293 e. The van der Waals surface area contributed by atoms with Crippen molar-refractivity contribution in [1.29, 1.82) is 0 Å². The largest absolute Gasteiger partial charge is 0.423 e. The lowest BCUT2D eigenvalue weighted by molar-refractivity contribution is 0.0112. The SMILES string of the molecule is CCc1nnc([C@@H]2CC(F)(F)CN2C(=O)c2cc(C)no2)o1. The Bertz CT molecular complexity index is 697. The monoisotopic (exact) mass is 312 g/mol. The zero-order valence-electron chi connectivity index (χ0n) is 12.0. The molecule has 9 heteroatoms. The van der Waals surface area contributed by atoms with Crippen LogP contribution in [-0.4, -0.2) is 38.6 Å². The maximum atomic E-state index is 13.8. The summed E-state index contributed by atoms with van der Waals surface area (Å²) in [6.45, 7) is 2.72. The van der Waals surface area contributed by atoms with E-state index < -0.39 is 30.8 Å². The number of halogens is 2. The molecule has 1 amide bonds. The first kappa shape index (κ1) is 14.6. The number of hydrogen-bond acceptors (Lipinski definition) is 6. The number of likely N-dealkylation sites (tertiary alicyclic amines) is 1. The van der Waals surface area contributed by atoms with E-state index in [2.05, 4.69) is 15.4 Å². The van der Waals surface area contributed by atoms with E-state index in [4.69, 9.17) is 8.94 Å². The number of alkyl halides is 2. The van der Waals surface area contributed by atoms with Gasteiger partial charge in [0.1, 0.15) is 6.04 Å². The molecule has 118 valence electrons. The Morgan fingerprint density at radius 1 is 1.50 bits per heavy atom. The van der Waals surface area contributed by atoms with Crippen LogP contribution < -0.4 is 0 Å². The second kappa shape index (κ2) is 5.15. The quantitative estimate of drug-likeness (QED) is 0.863. The highest BCUT2D eigenvalue weighted by atomic mass is 19.3. The van der Waals surface area contributed by atoms with Crippen molar-refractivity contribution in [3.63, 3.8) is 0 Å². The first-order valence-electron chi connectivity index (χ1n) is 6.84. The summed E-state index contributed by atoms with van der Waals surface area (Å²) in [4.78, 5) is 13.4. The Kier molecular flexibility index (Phi) is 3.42. The molecule has 0 radical (unpaired) electrons. The van der Waals surface area contributed by atoms with Gasteiger partial charge in [0.2, 0.25) is 17.5 Å². The van der Waals surface area contributed by atoms with E-state index >= 15 is 0 Å². The highest BCUT2D eigenvalue weighted by Gasteiger charge is 2.50. The third-order valence-electron chi connectivity index (χ3n) is 3.44. The number of amides is 1. The minimum absolute atomic E-state index is 0.0126. The molecule has 22 heavy (non-hydrogen) atoms. The van der Waals surface area contributed by atoms with Crippen LogP contribution in [-0.2, 0) is 6.42 Å². The molecule has 1 fully saturated rings. The molecule has 2 aromatic rings. The molecule has 3 rings (SSSR count). The molecule has 0 saturated carbocycles. The van der Waals surface area contributed by atoms with Gasteiger partial charge in [-0.3, -0.25) is 4.79 Å². The Balaban J connectivity index is 1.91. The second-order valence-electron chi connectivity index (χ2n) is 5.23. The van der Waals surface area contributed by atoms with Crippen molar-refractivity contribution in [3.05, 3.63) is 29.3 Å². The van der Waals surface area contributed by atoms with Crippen LogP contribution in [0.3, 0.4) is 0 Å². The first-order chi connectivity index (χ1) is 10.4. The molecule has 1 atom stereocenters. The number of hydrogen-bond donors (Lipinski definition) is 0. The number of carbonyl (C=O) groups is 1. The van der Waals surface area contributed by atoms with E-state index in [1.165, 1.54) is 6.07 Å². The van der Waals surface area contributed by atoms with Crippen LogP contribution >= 0.6 is 0 Å². The normalized spacial score (nSPS) is 20.5. The summed E-state index contributed by atoms with van der Waals surface area (Å²) in [5, 5.41) is 11.1. The van der Waals surface area contributed by atoms with Gasteiger partial charge in [-0.05, 0) is 6.92 Å². The summed E-state index contributed by atoms with van der Waals surface area (Å²) < 4.78 is 37.7. The summed E-state index contributed by atoms with van der Waals surface area (Å²) in [6, 6.07) is 0.432. The summed E-state index contributed by atoms with van der Waals surface area (Å²) in [6.07, 6.45) is -0.0669. The van der Waals surface area contributed by atoms with Crippen LogP contribution in [0.25, 0.3) is 0 Å². The van der Waals surface area contributed by atoms with E-state index in [-0.39, 0.29) is 11.7 Å². The standard InChI is InChI=1S/C13H14F2N4O3/c1-3-10-16-17-11(21-10)8-5-13(14,15)6-19(8)12(20)9-4-7(2)18-22-9/h4,8H,3,5-6H2,1-2H3/t8-/m0/s1. The molecule has 0 aliphatic carbocycles. The third kappa shape index (κ3) is 2.58. The Labute approximate surface area is 124 Å². The van der Waals surface area contributed by atoms with Gasteiger partial charge in [0.25, 0.3) is 11.8 Å². The molecule has 0 unspecified atom stereocenters. The van der Waals surface area contributed by atoms with Gasteiger partial charge in [0, 0.05) is 18.9 Å². The van der Waals surface area contributed by atoms with Crippen LogP contribution in [0.15, 0.2) is 15.0 Å². The molecule has 1 aliphatic heterocycles. The van der Waals surface area contributed by atoms with Gasteiger partial charge in [0.05, 0.1) is 12.2 Å². The van der Waals surface area contributed by atoms with Gasteiger partial charge in [-0.15, -0.1) is 10.2 Å². The number of carbonyl (C=O) groups excluding carboxylic acids is 1. The molecule has 0 spiro atoms. The molecule has 3 heterocycles. The number of nitrogens with zero attached hydrogens (tertiary/aromatic N) is 4. The molecule has 0 bridgehead atoms. The third-order valence-corrected chi connectivity index (χ3v) is 3.44. The van der Waals surface area contributed by atoms with E-state index in [1.54, 1.807) is 13.8 Å². The van der Waals surface area contributed by atoms with E-state index in [9.17, 15) is 13.6 Å². The highest BCUT2D eigenvalue weighted by molar-refractivity contribution is 5.92. The molecular weight excluding hydrogens is 298 g/mol.